The molecule has 0 bridgehead atoms. The van der Waals surface area contributed by atoms with Crippen molar-refractivity contribution in [2.75, 3.05) is 18.4 Å². The summed E-state index contributed by atoms with van der Waals surface area (Å²) >= 11 is 0. The van der Waals surface area contributed by atoms with Crippen LogP contribution in [0.15, 0.2) is 53.7 Å². The molecule has 1 aromatic heterocycles. The molecule has 0 saturated carbocycles. The fourth-order valence-electron chi connectivity index (χ4n) is 1.95. The van der Waals surface area contributed by atoms with E-state index in [1.54, 1.807) is 36.5 Å². The van der Waals surface area contributed by atoms with Crippen LogP contribution in [0.3, 0.4) is 0 Å². The minimum absolute atomic E-state index is 0.0869. The normalized spacial score (nSPS) is 12.9. The fourth-order valence-corrected chi connectivity index (χ4v) is 3.19. The highest BCUT2D eigenvalue weighted by molar-refractivity contribution is 7.92. The molecule has 0 amide bonds. The lowest BCUT2D eigenvalue weighted by Crippen LogP contribution is -2.27. The van der Waals surface area contributed by atoms with Gasteiger partial charge in [0.2, 0.25) is 0 Å². The Morgan fingerprint density at radius 1 is 1.24 bits per heavy atom. The molecule has 1 unspecified atom stereocenters. The molecule has 0 fully saturated rings. The molecule has 0 aliphatic carbocycles. The molecule has 1 heterocycles. The second kappa shape index (κ2) is 6.24. The van der Waals surface area contributed by atoms with E-state index >= 15 is 0 Å². The molecule has 0 aliphatic heterocycles. The van der Waals surface area contributed by atoms with Crippen LogP contribution in [-0.2, 0) is 10.0 Å². The van der Waals surface area contributed by atoms with E-state index in [2.05, 4.69) is 10.3 Å². The van der Waals surface area contributed by atoms with Gasteiger partial charge in [0, 0.05) is 19.3 Å². The highest BCUT2D eigenvalue weighted by Crippen LogP contribution is 2.23. The zero-order valence-corrected chi connectivity index (χ0v) is 13.1. The van der Waals surface area contributed by atoms with E-state index in [4.69, 9.17) is 0 Å². The highest BCUT2D eigenvalue weighted by atomic mass is 32.2. The monoisotopic (exact) mass is 305 g/mol. The lowest BCUT2D eigenvalue weighted by atomic mass is 10.1. The number of nitrogens with zero attached hydrogens (tertiary/aromatic N) is 2. The van der Waals surface area contributed by atoms with Gasteiger partial charge in [-0.2, -0.15) is 0 Å². The van der Waals surface area contributed by atoms with Crippen molar-refractivity contribution in [2.24, 2.45) is 0 Å². The first kappa shape index (κ1) is 15.5. The lowest BCUT2D eigenvalue weighted by molar-refractivity contribution is 0.593. The number of hydrogen-bond donors (Lipinski definition) is 1. The van der Waals surface area contributed by atoms with E-state index in [0.717, 1.165) is 5.56 Å². The summed E-state index contributed by atoms with van der Waals surface area (Å²) in [5.41, 5.74) is 1.46. The number of pyridine rings is 1. The third-order valence-electron chi connectivity index (χ3n) is 3.46. The zero-order chi connectivity index (χ0) is 15.5. The van der Waals surface area contributed by atoms with Gasteiger partial charge in [-0.05, 0) is 43.8 Å². The van der Waals surface area contributed by atoms with Crippen LogP contribution in [0.2, 0.25) is 0 Å². The Morgan fingerprint density at radius 2 is 2.00 bits per heavy atom. The second-order valence-electron chi connectivity index (χ2n) is 4.77. The molecule has 1 atom stereocenters. The molecule has 1 aromatic carbocycles. The van der Waals surface area contributed by atoms with E-state index in [-0.39, 0.29) is 10.9 Å². The van der Waals surface area contributed by atoms with Gasteiger partial charge in [0.25, 0.3) is 10.0 Å². The maximum absolute atomic E-state index is 12.7. The van der Waals surface area contributed by atoms with Crippen LogP contribution in [-0.4, -0.2) is 27.5 Å². The third kappa shape index (κ3) is 3.22. The topological polar surface area (TPSA) is 62.3 Å². The molecule has 2 aromatic rings. The van der Waals surface area contributed by atoms with E-state index in [1.807, 2.05) is 20.0 Å². The Balaban J connectivity index is 2.40. The number of nitrogens with one attached hydrogen (secondary N) is 1. The van der Waals surface area contributed by atoms with Crippen molar-refractivity contribution in [3.63, 3.8) is 0 Å². The van der Waals surface area contributed by atoms with Gasteiger partial charge in [-0.1, -0.05) is 12.1 Å². The summed E-state index contributed by atoms with van der Waals surface area (Å²) in [6, 6.07) is 10.5. The number of hydrogen-bond acceptors (Lipinski definition) is 4. The number of anilines is 1. The highest BCUT2D eigenvalue weighted by Gasteiger charge is 2.22. The molecule has 1 N–H and O–H groups in total. The quantitative estimate of drug-likeness (QED) is 0.920. The summed E-state index contributed by atoms with van der Waals surface area (Å²) in [5.74, 6) is 0. The van der Waals surface area contributed by atoms with Gasteiger partial charge in [-0.25, -0.2) is 8.42 Å². The van der Waals surface area contributed by atoms with E-state index in [9.17, 15) is 8.42 Å². The molecule has 2 rings (SSSR count). The Labute approximate surface area is 125 Å². The van der Waals surface area contributed by atoms with Crippen molar-refractivity contribution in [1.82, 2.24) is 10.3 Å². The number of rotatable bonds is 5. The first-order valence-corrected chi connectivity index (χ1v) is 8.07. The van der Waals surface area contributed by atoms with Crippen molar-refractivity contribution in [1.29, 1.82) is 0 Å². The van der Waals surface area contributed by atoms with Crippen LogP contribution < -0.4 is 9.62 Å². The van der Waals surface area contributed by atoms with Crippen molar-refractivity contribution in [3.05, 3.63) is 54.4 Å². The first-order chi connectivity index (χ1) is 9.96. The zero-order valence-electron chi connectivity index (χ0n) is 12.3. The van der Waals surface area contributed by atoms with Crippen molar-refractivity contribution in [2.45, 2.75) is 17.9 Å². The standard InChI is InChI=1S/C15H19N3O2S/c1-12(16-2)13-6-4-8-15(10-13)21(19,20)18(3)14-7-5-9-17-11-14/h4-12,16H,1-3H3. The maximum Gasteiger partial charge on any atom is 0.264 e. The summed E-state index contributed by atoms with van der Waals surface area (Å²) in [6.45, 7) is 1.98. The minimum Gasteiger partial charge on any atom is -0.313 e. The predicted octanol–water partition coefficient (Wildman–Crippen LogP) is 2.19. The van der Waals surface area contributed by atoms with Crippen LogP contribution in [0.1, 0.15) is 18.5 Å². The molecule has 0 radical (unpaired) electrons. The molecule has 0 saturated heterocycles. The Bertz CT molecular complexity index is 702. The van der Waals surface area contributed by atoms with Gasteiger partial charge in [-0.15, -0.1) is 0 Å². The summed E-state index contributed by atoms with van der Waals surface area (Å²) in [6.07, 6.45) is 3.14. The molecule has 6 heteroatoms. The molecule has 112 valence electrons. The van der Waals surface area contributed by atoms with E-state index < -0.39 is 10.0 Å². The molecular weight excluding hydrogens is 286 g/mol. The van der Waals surface area contributed by atoms with Crippen LogP contribution >= 0.6 is 0 Å². The van der Waals surface area contributed by atoms with Crippen LogP contribution in [0.4, 0.5) is 5.69 Å². The fraction of sp³-hybridized carbons (Fsp3) is 0.267. The molecular formula is C15H19N3O2S. The van der Waals surface area contributed by atoms with Gasteiger partial charge in [-0.3, -0.25) is 9.29 Å². The molecule has 21 heavy (non-hydrogen) atoms. The summed E-state index contributed by atoms with van der Waals surface area (Å²) < 4.78 is 26.6. The largest absolute Gasteiger partial charge is 0.313 e. The Morgan fingerprint density at radius 3 is 2.62 bits per heavy atom. The van der Waals surface area contributed by atoms with E-state index in [0.29, 0.717) is 5.69 Å². The first-order valence-electron chi connectivity index (χ1n) is 6.63. The van der Waals surface area contributed by atoms with Crippen LogP contribution in [0.25, 0.3) is 0 Å². The van der Waals surface area contributed by atoms with Gasteiger partial charge in [0.05, 0.1) is 16.8 Å². The predicted molar refractivity (Wildman–Crippen MR) is 83.7 cm³/mol. The van der Waals surface area contributed by atoms with Crippen LogP contribution in [0.5, 0.6) is 0 Å². The van der Waals surface area contributed by atoms with Gasteiger partial charge < -0.3 is 5.32 Å². The van der Waals surface area contributed by atoms with Gasteiger partial charge in [0.1, 0.15) is 0 Å². The van der Waals surface area contributed by atoms with Gasteiger partial charge in [0.15, 0.2) is 0 Å². The second-order valence-corrected chi connectivity index (χ2v) is 6.74. The van der Waals surface area contributed by atoms with Gasteiger partial charge >= 0.3 is 0 Å². The lowest BCUT2D eigenvalue weighted by Gasteiger charge is -2.20. The number of aromatic nitrogens is 1. The smallest absolute Gasteiger partial charge is 0.264 e. The van der Waals surface area contributed by atoms with Crippen molar-refractivity contribution >= 4 is 15.7 Å². The van der Waals surface area contributed by atoms with Crippen LogP contribution in [0, 0.1) is 0 Å². The Hall–Kier alpha value is -1.92. The number of benzene rings is 1. The molecule has 5 nitrogen and oxygen atoms in total. The average Bonchev–Trinajstić information content (AvgIpc) is 2.54. The number of sulfonamides is 1. The Kier molecular flexibility index (Phi) is 4.59. The summed E-state index contributed by atoms with van der Waals surface area (Å²) in [5, 5.41) is 3.10. The summed E-state index contributed by atoms with van der Waals surface area (Å²) in [4.78, 5) is 4.23. The van der Waals surface area contributed by atoms with E-state index in [1.165, 1.54) is 17.5 Å². The SMILES string of the molecule is CNC(C)c1cccc(S(=O)(=O)N(C)c2cccnc2)c1. The third-order valence-corrected chi connectivity index (χ3v) is 5.24. The minimum atomic E-state index is -3.59. The van der Waals surface area contributed by atoms with Crippen molar-refractivity contribution in [3.8, 4) is 0 Å². The maximum atomic E-state index is 12.7. The average molecular weight is 305 g/mol. The molecule has 0 spiro atoms. The van der Waals surface area contributed by atoms with Crippen molar-refractivity contribution < 1.29 is 8.42 Å². The molecule has 0 aliphatic rings. The summed E-state index contributed by atoms with van der Waals surface area (Å²) in [7, 11) is -0.222.